The predicted molar refractivity (Wildman–Crippen MR) is 98.7 cm³/mol. The fraction of sp³-hybridized carbons (Fsp3) is 0.300. The van der Waals surface area contributed by atoms with Crippen LogP contribution in [0.5, 0.6) is 5.75 Å². The summed E-state index contributed by atoms with van der Waals surface area (Å²) < 4.78 is 48.6. The number of carbonyl (C=O) groups is 1. The van der Waals surface area contributed by atoms with Gasteiger partial charge in [0.05, 0.1) is 0 Å². The van der Waals surface area contributed by atoms with Crippen LogP contribution in [0, 0.1) is 0 Å². The molecule has 0 radical (unpaired) electrons. The van der Waals surface area contributed by atoms with Gasteiger partial charge in [-0.15, -0.1) is 0 Å². The van der Waals surface area contributed by atoms with Crippen molar-refractivity contribution in [2.75, 3.05) is 12.0 Å². The lowest BCUT2D eigenvalue weighted by atomic mass is 9.87. The van der Waals surface area contributed by atoms with Crippen molar-refractivity contribution >= 4 is 22.7 Å². The number of halogens is 3. The molecule has 8 heteroatoms. The van der Waals surface area contributed by atoms with E-state index in [4.69, 9.17) is 4.52 Å². The van der Waals surface area contributed by atoms with Crippen molar-refractivity contribution in [1.82, 2.24) is 5.16 Å². The first kappa shape index (κ1) is 19.7. The van der Waals surface area contributed by atoms with Crippen LogP contribution in [0.1, 0.15) is 36.7 Å². The zero-order chi connectivity index (χ0) is 20.5. The molecule has 1 amide bonds. The number of fused-ring (bicyclic) bond motifs is 1. The third kappa shape index (κ3) is 4.11. The molecule has 1 N–H and O–H groups in total. The molecule has 0 unspecified atom stereocenters. The van der Waals surface area contributed by atoms with Gasteiger partial charge in [0.1, 0.15) is 11.1 Å². The predicted octanol–water partition coefficient (Wildman–Crippen LogP) is 5.32. The van der Waals surface area contributed by atoms with Crippen LogP contribution in [0.25, 0.3) is 11.0 Å². The second-order valence-corrected chi connectivity index (χ2v) is 7.31. The van der Waals surface area contributed by atoms with Crippen molar-refractivity contribution in [1.29, 1.82) is 0 Å². The molecule has 148 valence electrons. The van der Waals surface area contributed by atoms with Crippen molar-refractivity contribution < 1.29 is 27.2 Å². The van der Waals surface area contributed by atoms with Crippen LogP contribution in [-0.2, 0) is 5.41 Å². The molecule has 0 bridgehead atoms. The van der Waals surface area contributed by atoms with Crippen LogP contribution in [0.3, 0.4) is 0 Å². The summed E-state index contributed by atoms with van der Waals surface area (Å²) in [4.78, 5) is 12.5. The highest BCUT2D eigenvalue weighted by Gasteiger charge is 2.33. The Balaban J connectivity index is 1.89. The minimum atomic E-state index is -4.00. The average Bonchev–Trinajstić information content (AvgIpc) is 3.05. The molecule has 0 aliphatic rings. The lowest BCUT2D eigenvalue weighted by Crippen LogP contribution is -2.27. The maximum absolute atomic E-state index is 13.3. The van der Waals surface area contributed by atoms with Gasteiger partial charge in [-0.3, -0.25) is 4.79 Å². The van der Waals surface area contributed by atoms with E-state index in [2.05, 4.69) is 36.0 Å². The van der Waals surface area contributed by atoms with Gasteiger partial charge >= 0.3 is 6.11 Å². The Bertz CT molecular complexity index is 992. The first-order valence-corrected chi connectivity index (χ1v) is 8.54. The van der Waals surface area contributed by atoms with Gasteiger partial charge < -0.3 is 14.6 Å². The number of hydrogen-bond donors (Lipinski definition) is 1. The van der Waals surface area contributed by atoms with E-state index in [1.54, 1.807) is 12.1 Å². The van der Waals surface area contributed by atoms with Gasteiger partial charge in [0.2, 0.25) is 0 Å². The third-order valence-corrected chi connectivity index (χ3v) is 4.12. The van der Waals surface area contributed by atoms with Crippen LogP contribution in [0.2, 0.25) is 0 Å². The maximum Gasteiger partial charge on any atom is 0.427 e. The molecule has 3 rings (SSSR count). The van der Waals surface area contributed by atoms with Crippen LogP contribution in [0.15, 0.2) is 47.0 Å². The van der Waals surface area contributed by atoms with E-state index in [1.807, 2.05) is 12.1 Å². The molecule has 1 aromatic heterocycles. The summed E-state index contributed by atoms with van der Waals surface area (Å²) in [6, 6.07) is 11.1. The molecule has 5 nitrogen and oxygen atoms in total. The number of amides is 1. The lowest BCUT2D eigenvalue weighted by molar-refractivity contribution is -0.185. The number of aromatic nitrogens is 1. The molecular weight excluding hydrogens is 373 g/mol. The molecule has 0 saturated heterocycles. The molecule has 0 saturated carbocycles. The smallest absolute Gasteiger partial charge is 0.427 e. The second kappa shape index (κ2) is 7.18. The normalized spacial score (nSPS) is 12.2. The number of hydrogen-bond acceptors (Lipinski definition) is 4. The van der Waals surface area contributed by atoms with E-state index in [1.165, 1.54) is 18.2 Å². The molecule has 0 spiro atoms. The Labute approximate surface area is 159 Å². The van der Waals surface area contributed by atoms with Crippen molar-refractivity contribution in [3.8, 4) is 5.75 Å². The topological polar surface area (TPSA) is 64.4 Å². The summed E-state index contributed by atoms with van der Waals surface area (Å²) in [6.45, 7) is 4.17. The van der Waals surface area contributed by atoms with E-state index in [9.17, 15) is 18.0 Å². The van der Waals surface area contributed by atoms with E-state index >= 15 is 0 Å². The molecule has 1 heterocycles. The van der Waals surface area contributed by atoms with Gasteiger partial charge in [0, 0.05) is 5.56 Å². The summed E-state index contributed by atoms with van der Waals surface area (Å²) in [5.41, 5.74) is 1.47. The molecule has 2 aromatic carbocycles. The van der Waals surface area contributed by atoms with E-state index < -0.39 is 18.7 Å². The molecule has 0 fully saturated rings. The largest absolute Gasteiger partial charge is 0.430 e. The molecule has 3 aromatic rings. The van der Waals surface area contributed by atoms with E-state index in [0.29, 0.717) is 5.56 Å². The minimum Gasteiger partial charge on any atom is -0.430 e. The fourth-order valence-electron chi connectivity index (χ4n) is 2.62. The molecule has 0 atom stereocenters. The highest BCUT2D eigenvalue weighted by molar-refractivity contribution is 6.08. The summed E-state index contributed by atoms with van der Waals surface area (Å²) >= 11 is 0. The van der Waals surface area contributed by atoms with Gasteiger partial charge in [-0.25, -0.2) is 4.39 Å². The van der Waals surface area contributed by atoms with Crippen LogP contribution < -0.4 is 10.1 Å². The quantitative estimate of drug-likeness (QED) is 0.638. The monoisotopic (exact) mass is 392 g/mol. The van der Waals surface area contributed by atoms with Crippen LogP contribution in [0.4, 0.5) is 19.0 Å². The van der Waals surface area contributed by atoms with Crippen molar-refractivity contribution in [3.63, 3.8) is 0 Å². The number of rotatable bonds is 5. The molecule has 0 aliphatic carbocycles. The van der Waals surface area contributed by atoms with Crippen molar-refractivity contribution in [2.45, 2.75) is 32.3 Å². The Morgan fingerprint density at radius 1 is 1.14 bits per heavy atom. The molecule has 0 aliphatic heterocycles. The first-order chi connectivity index (χ1) is 13.1. The van der Waals surface area contributed by atoms with Gasteiger partial charge in [-0.05, 0) is 35.2 Å². The van der Waals surface area contributed by atoms with E-state index in [-0.39, 0.29) is 28.0 Å². The zero-order valence-corrected chi connectivity index (χ0v) is 15.6. The SMILES string of the molecule is CC(C)(C)c1ccc(C(=O)Nc2noc3cccc(OC(F)(F)CF)c23)cc1. The Hall–Kier alpha value is -3.03. The number of nitrogens with zero attached hydrogens (tertiary/aromatic N) is 1. The number of ether oxygens (including phenoxy) is 1. The first-order valence-electron chi connectivity index (χ1n) is 8.54. The summed E-state index contributed by atoms with van der Waals surface area (Å²) in [5.74, 6) is -0.937. The fourth-order valence-corrected chi connectivity index (χ4v) is 2.62. The Morgan fingerprint density at radius 2 is 1.82 bits per heavy atom. The number of alkyl halides is 3. The molecule has 28 heavy (non-hydrogen) atoms. The highest BCUT2D eigenvalue weighted by Crippen LogP contribution is 2.35. The minimum absolute atomic E-state index is 0.0234. The van der Waals surface area contributed by atoms with Gasteiger partial charge in [0.25, 0.3) is 5.91 Å². The van der Waals surface area contributed by atoms with Gasteiger partial charge in [-0.2, -0.15) is 8.78 Å². The summed E-state index contributed by atoms with van der Waals surface area (Å²) in [5, 5.41) is 6.25. The van der Waals surface area contributed by atoms with Crippen molar-refractivity contribution in [3.05, 3.63) is 53.6 Å². The standard InChI is InChI=1S/C20H19F3N2O3/c1-19(2,3)13-9-7-12(8-10-13)18(26)24-17-16-14(27-20(22,23)11-21)5-4-6-15(16)28-25-17/h4-10H,11H2,1-3H3,(H,24,25,26). The summed E-state index contributed by atoms with van der Waals surface area (Å²) in [6.07, 6.45) is -4.00. The number of anilines is 1. The Morgan fingerprint density at radius 3 is 2.43 bits per heavy atom. The molecular formula is C20H19F3N2O3. The van der Waals surface area contributed by atoms with Crippen molar-refractivity contribution in [2.24, 2.45) is 0 Å². The third-order valence-electron chi connectivity index (χ3n) is 4.12. The number of nitrogens with one attached hydrogen (secondary N) is 1. The highest BCUT2D eigenvalue weighted by atomic mass is 19.3. The van der Waals surface area contributed by atoms with E-state index in [0.717, 1.165) is 5.56 Å². The Kier molecular flexibility index (Phi) is 5.06. The lowest BCUT2D eigenvalue weighted by Gasteiger charge is -2.19. The van der Waals surface area contributed by atoms with Gasteiger partial charge in [-0.1, -0.05) is 44.1 Å². The zero-order valence-electron chi connectivity index (χ0n) is 15.6. The van der Waals surface area contributed by atoms with Crippen LogP contribution >= 0.6 is 0 Å². The maximum atomic E-state index is 13.3. The number of carbonyl (C=O) groups excluding carboxylic acids is 1. The van der Waals surface area contributed by atoms with Crippen LogP contribution in [-0.4, -0.2) is 23.8 Å². The number of benzene rings is 2. The summed E-state index contributed by atoms with van der Waals surface area (Å²) in [7, 11) is 0. The van der Waals surface area contributed by atoms with Gasteiger partial charge in [0.15, 0.2) is 18.1 Å². The second-order valence-electron chi connectivity index (χ2n) is 7.31. The average molecular weight is 392 g/mol.